The first-order valence-electron chi connectivity index (χ1n) is 6.48. The number of benzene rings is 1. The molecule has 20 heavy (non-hydrogen) atoms. The number of carbonyl (C=O) groups is 1. The molecule has 1 aromatic carbocycles. The van der Waals surface area contributed by atoms with Crippen LogP contribution >= 0.6 is 0 Å². The van der Waals surface area contributed by atoms with Gasteiger partial charge in [0.15, 0.2) is 0 Å². The van der Waals surface area contributed by atoms with Gasteiger partial charge in [-0.3, -0.25) is 19.8 Å². The number of carbonyl (C=O) groups excluding carboxylic acids is 1. The molecule has 1 amide bonds. The van der Waals surface area contributed by atoms with Gasteiger partial charge in [-0.25, -0.2) is 0 Å². The predicted molar refractivity (Wildman–Crippen MR) is 75.2 cm³/mol. The highest BCUT2D eigenvalue weighted by Gasteiger charge is 2.27. The Morgan fingerprint density at radius 1 is 1.60 bits per heavy atom. The normalized spacial score (nSPS) is 18.9. The molecule has 0 spiro atoms. The van der Waals surface area contributed by atoms with Gasteiger partial charge in [-0.2, -0.15) is 0 Å². The maximum absolute atomic E-state index is 11.2. The molecule has 3 N–H and O–H groups in total. The Morgan fingerprint density at radius 3 is 2.90 bits per heavy atom. The maximum Gasteiger partial charge on any atom is 0.269 e. The Balaban J connectivity index is 2.14. The third kappa shape index (κ3) is 3.05. The smallest absolute Gasteiger partial charge is 0.269 e. The van der Waals surface area contributed by atoms with Crippen LogP contribution in [0.25, 0.3) is 0 Å². The molecule has 0 aromatic heterocycles. The summed E-state index contributed by atoms with van der Waals surface area (Å²) in [6, 6.07) is 4.75. The summed E-state index contributed by atoms with van der Waals surface area (Å²) in [4.78, 5) is 23.7. The molecule has 1 unspecified atom stereocenters. The first-order valence-corrected chi connectivity index (χ1v) is 6.48. The third-order valence-corrected chi connectivity index (χ3v) is 3.64. The van der Waals surface area contributed by atoms with Crippen molar-refractivity contribution in [2.24, 2.45) is 11.7 Å². The molecule has 0 saturated carbocycles. The molecule has 7 nitrogen and oxygen atoms in total. The summed E-state index contributed by atoms with van der Waals surface area (Å²) in [6.07, 6.45) is 0.749. The van der Waals surface area contributed by atoms with E-state index in [-0.39, 0.29) is 17.5 Å². The fourth-order valence-corrected chi connectivity index (χ4v) is 2.52. The van der Waals surface area contributed by atoms with Crippen LogP contribution < -0.4 is 11.1 Å². The SMILES string of the molecule is CNc1ccc([N+](=O)[O-])cc1CN1CCC(C(N)=O)C1. The Labute approximate surface area is 116 Å². The molecular formula is C13H18N4O3. The van der Waals surface area contributed by atoms with Crippen LogP contribution in [0.3, 0.4) is 0 Å². The van der Waals surface area contributed by atoms with Crippen molar-refractivity contribution >= 4 is 17.3 Å². The summed E-state index contributed by atoms with van der Waals surface area (Å²) in [7, 11) is 1.78. The van der Waals surface area contributed by atoms with Crippen LogP contribution in [0, 0.1) is 16.0 Å². The largest absolute Gasteiger partial charge is 0.388 e. The van der Waals surface area contributed by atoms with Gasteiger partial charge in [0, 0.05) is 38.0 Å². The molecule has 1 fully saturated rings. The molecule has 2 rings (SSSR count). The number of likely N-dealkylation sites (tertiary alicyclic amines) is 1. The second-order valence-electron chi connectivity index (χ2n) is 4.97. The van der Waals surface area contributed by atoms with E-state index in [1.165, 1.54) is 6.07 Å². The average molecular weight is 278 g/mol. The number of amides is 1. The minimum Gasteiger partial charge on any atom is -0.388 e. The highest BCUT2D eigenvalue weighted by atomic mass is 16.6. The van der Waals surface area contributed by atoms with Crippen molar-refractivity contribution in [2.75, 3.05) is 25.5 Å². The van der Waals surface area contributed by atoms with Crippen LogP contribution in [0.5, 0.6) is 0 Å². The minimum absolute atomic E-state index is 0.0737. The lowest BCUT2D eigenvalue weighted by atomic mass is 10.1. The van der Waals surface area contributed by atoms with Crippen molar-refractivity contribution in [3.05, 3.63) is 33.9 Å². The van der Waals surface area contributed by atoms with E-state index in [1.54, 1.807) is 19.2 Å². The lowest BCUT2D eigenvalue weighted by molar-refractivity contribution is -0.384. The molecule has 1 aromatic rings. The summed E-state index contributed by atoms with van der Waals surface area (Å²) >= 11 is 0. The van der Waals surface area contributed by atoms with Crippen molar-refractivity contribution in [1.82, 2.24) is 4.90 Å². The quantitative estimate of drug-likeness (QED) is 0.616. The van der Waals surface area contributed by atoms with Crippen molar-refractivity contribution < 1.29 is 9.72 Å². The van der Waals surface area contributed by atoms with Gasteiger partial charge in [0.2, 0.25) is 5.91 Å². The fraction of sp³-hybridized carbons (Fsp3) is 0.462. The average Bonchev–Trinajstić information content (AvgIpc) is 2.87. The zero-order chi connectivity index (χ0) is 14.7. The number of hydrogen-bond donors (Lipinski definition) is 2. The van der Waals surface area contributed by atoms with E-state index in [4.69, 9.17) is 5.73 Å². The molecule has 7 heteroatoms. The summed E-state index contributed by atoms with van der Waals surface area (Å²) in [5, 5.41) is 13.9. The first kappa shape index (κ1) is 14.3. The Kier molecular flexibility index (Phi) is 4.19. The monoisotopic (exact) mass is 278 g/mol. The molecule has 108 valence electrons. The number of nitrogens with one attached hydrogen (secondary N) is 1. The molecule has 1 aliphatic rings. The van der Waals surface area contributed by atoms with Gasteiger partial charge in [0.05, 0.1) is 10.8 Å². The van der Waals surface area contributed by atoms with Crippen molar-refractivity contribution in [3.8, 4) is 0 Å². The molecule has 1 heterocycles. The number of nitro benzene ring substituents is 1. The van der Waals surface area contributed by atoms with Crippen molar-refractivity contribution in [3.63, 3.8) is 0 Å². The van der Waals surface area contributed by atoms with Crippen LogP contribution in [-0.2, 0) is 11.3 Å². The molecule has 1 aliphatic heterocycles. The molecule has 1 saturated heterocycles. The van der Waals surface area contributed by atoms with Crippen LogP contribution in [0.4, 0.5) is 11.4 Å². The van der Waals surface area contributed by atoms with E-state index in [0.717, 1.165) is 24.2 Å². The number of anilines is 1. The van der Waals surface area contributed by atoms with E-state index in [1.807, 2.05) is 0 Å². The number of hydrogen-bond acceptors (Lipinski definition) is 5. The number of primary amides is 1. The Morgan fingerprint density at radius 2 is 2.35 bits per heavy atom. The number of non-ortho nitro benzene ring substituents is 1. The summed E-state index contributed by atoms with van der Waals surface area (Å²) < 4.78 is 0. The van der Waals surface area contributed by atoms with Gasteiger partial charge >= 0.3 is 0 Å². The molecule has 0 aliphatic carbocycles. The topological polar surface area (TPSA) is 102 Å². The van der Waals surface area contributed by atoms with Gasteiger partial charge in [-0.1, -0.05) is 0 Å². The van der Waals surface area contributed by atoms with Crippen LogP contribution in [0.2, 0.25) is 0 Å². The summed E-state index contributed by atoms with van der Waals surface area (Å²) in [5.41, 5.74) is 7.09. The number of nitro groups is 1. The molecule has 0 bridgehead atoms. The van der Waals surface area contributed by atoms with Crippen LogP contribution in [-0.4, -0.2) is 35.9 Å². The van der Waals surface area contributed by atoms with E-state index >= 15 is 0 Å². The highest BCUT2D eigenvalue weighted by molar-refractivity contribution is 5.77. The van der Waals surface area contributed by atoms with E-state index in [9.17, 15) is 14.9 Å². The zero-order valence-electron chi connectivity index (χ0n) is 11.3. The van der Waals surface area contributed by atoms with E-state index in [0.29, 0.717) is 13.1 Å². The van der Waals surface area contributed by atoms with Gasteiger partial charge in [-0.15, -0.1) is 0 Å². The second kappa shape index (κ2) is 5.87. The van der Waals surface area contributed by atoms with Crippen LogP contribution in [0.15, 0.2) is 18.2 Å². The minimum atomic E-state index is -0.404. The molecule has 1 atom stereocenters. The lowest BCUT2D eigenvalue weighted by Gasteiger charge is -2.17. The van der Waals surface area contributed by atoms with Crippen molar-refractivity contribution in [1.29, 1.82) is 0 Å². The van der Waals surface area contributed by atoms with Gasteiger partial charge in [-0.05, 0) is 24.6 Å². The standard InChI is InChI=1S/C13H18N4O3/c1-15-12-3-2-11(17(19)20)6-10(12)8-16-5-4-9(7-16)13(14)18/h2-3,6,9,15H,4-5,7-8H2,1H3,(H2,14,18). The van der Waals surface area contributed by atoms with E-state index in [2.05, 4.69) is 10.2 Å². The summed E-state index contributed by atoms with van der Waals surface area (Å²) in [6.45, 7) is 1.96. The van der Waals surface area contributed by atoms with Gasteiger partial charge in [0.25, 0.3) is 5.69 Å². The van der Waals surface area contributed by atoms with E-state index < -0.39 is 4.92 Å². The Hall–Kier alpha value is -2.15. The predicted octanol–water partition coefficient (Wildman–Crippen LogP) is 0.944. The zero-order valence-corrected chi connectivity index (χ0v) is 11.3. The second-order valence-corrected chi connectivity index (χ2v) is 4.97. The fourth-order valence-electron chi connectivity index (χ4n) is 2.52. The molecule has 0 radical (unpaired) electrons. The Bertz CT molecular complexity index is 532. The first-order chi connectivity index (χ1) is 9.51. The molecular weight excluding hydrogens is 260 g/mol. The maximum atomic E-state index is 11.2. The van der Waals surface area contributed by atoms with Crippen molar-refractivity contribution in [2.45, 2.75) is 13.0 Å². The lowest BCUT2D eigenvalue weighted by Crippen LogP contribution is -2.27. The van der Waals surface area contributed by atoms with Gasteiger partial charge in [0.1, 0.15) is 0 Å². The third-order valence-electron chi connectivity index (χ3n) is 3.64. The number of nitrogens with two attached hydrogens (primary N) is 1. The summed E-state index contributed by atoms with van der Waals surface area (Å²) in [5.74, 6) is -0.396. The van der Waals surface area contributed by atoms with Crippen LogP contribution in [0.1, 0.15) is 12.0 Å². The number of nitrogens with zero attached hydrogens (tertiary/aromatic N) is 2. The highest BCUT2D eigenvalue weighted by Crippen LogP contribution is 2.25. The van der Waals surface area contributed by atoms with Gasteiger partial charge < -0.3 is 11.1 Å². The number of rotatable bonds is 5.